The number of halogens is 1. The number of oxime groups is 1. The normalized spacial score (nSPS) is 30.8. The van der Waals surface area contributed by atoms with Crippen molar-refractivity contribution in [2.75, 3.05) is 13.1 Å². The molecule has 3 rings (SSSR count). The Morgan fingerprint density at radius 3 is 2.48 bits per heavy atom. The fraction of sp³-hybridized carbons (Fsp3) is 0.529. The van der Waals surface area contributed by atoms with Crippen molar-refractivity contribution in [2.45, 2.75) is 45.0 Å². The van der Waals surface area contributed by atoms with Crippen LogP contribution in [0, 0.1) is 5.82 Å². The highest BCUT2D eigenvalue weighted by atomic mass is 19.1. The number of hydrogen-bond donors (Lipinski definition) is 0. The number of rotatable bonds is 2. The SMILES string of the molecule is CC1CN(C(=O)C2(C)CC(c3ccc(F)cc3)=NO2)CC(C)O1. The van der Waals surface area contributed by atoms with Crippen LogP contribution in [0.15, 0.2) is 29.4 Å². The summed E-state index contributed by atoms with van der Waals surface area (Å²) in [5.41, 5.74) is 0.419. The predicted molar refractivity (Wildman–Crippen MR) is 83.6 cm³/mol. The second-order valence-corrected chi connectivity index (χ2v) is 6.51. The Bertz CT molecular complexity index is 621. The summed E-state index contributed by atoms with van der Waals surface area (Å²) < 4.78 is 18.7. The molecule has 0 bridgehead atoms. The number of morpholine rings is 1. The van der Waals surface area contributed by atoms with Gasteiger partial charge in [0.1, 0.15) is 5.82 Å². The van der Waals surface area contributed by atoms with Crippen LogP contribution in [0.3, 0.4) is 0 Å². The monoisotopic (exact) mass is 320 g/mol. The van der Waals surface area contributed by atoms with Crippen LogP contribution in [-0.2, 0) is 14.4 Å². The number of benzene rings is 1. The van der Waals surface area contributed by atoms with Crippen molar-refractivity contribution in [3.05, 3.63) is 35.6 Å². The third-order valence-electron chi connectivity index (χ3n) is 4.20. The molecule has 2 aliphatic rings. The zero-order valence-electron chi connectivity index (χ0n) is 13.6. The fourth-order valence-electron chi connectivity index (χ4n) is 3.13. The van der Waals surface area contributed by atoms with Gasteiger partial charge in [-0.3, -0.25) is 4.79 Å². The summed E-state index contributed by atoms with van der Waals surface area (Å²) in [6.45, 7) is 6.75. The Labute approximate surface area is 135 Å². The molecule has 6 heteroatoms. The summed E-state index contributed by atoms with van der Waals surface area (Å²) in [4.78, 5) is 20.1. The molecule has 1 amide bonds. The molecule has 3 atom stereocenters. The van der Waals surface area contributed by atoms with Gasteiger partial charge in [0, 0.05) is 19.5 Å². The third-order valence-corrected chi connectivity index (χ3v) is 4.20. The van der Waals surface area contributed by atoms with Crippen molar-refractivity contribution in [1.82, 2.24) is 4.90 Å². The molecule has 2 aliphatic heterocycles. The minimum Gasteiger partial charge on any atom is -0.379 e. The molecule has 124 valence electrons. The lowest BCUT2D eigenvalue weighted by atomic mass is 9.94. The van der Waals surface area contributed by atoms with Crippen LogP contribution in [-0.4, -0.2) is 47.4 Å². The Kier molecular flexibility index (Phi) is 4.10. The molecule has 3 unspecified atom stereocenters. The maximum atomic E-state index is 13.0. The van der Waals surface area contributed by atoms with E-state index in [0.29, 0.717) is 25.2 Å². The lowest BCUT2D eigenvalue weighted by Crippen LogP contribution is -2.55. The fourth-order valence-corrected chi connectivity index (χ4v) is 3.13. The molecule has 1 aromatic rings. The molecular weight excluding hydrogens is 299 g/mol. The van der Waals surface area contributed by atoms with Gasteiger partial charge in [-0.1, -0.05) is 17.3 Å². The van der Waals surface area contributed by atoms with Gasteiger partial charge in [-0.15, -0.1) is 0 Å². The molecule has 5 nitrogen and oxygen atoms in total. The van der Waals surface area contributed by atoms with Crippen molar-refractivity contribution < 1.29 is 18.8 Å². The van der Waals surface area contributed by atoms with Crippen LogP contribution in [0.1, 0.15) is 32.8 Å². The van der Waals surface area contributed by atoms with E-state index >= 15 is 0 Å². The highest BCUT2D eigenvalue weighted by Crippen LogP contribution is 2.29. The standard InChI is InChI=1S/C17H21FN2O3/c1-11-9-20(10-12(2)22-11)16(21)17(3)8-15(19-23-17)13-4-6-14(18)7-5-13/h4-7,11-12H,8-10H2,1-3H3. The molecular formula is C17H21FN2O3. The maximum Gasteiger partial charge on any atom is 0.269 e. The van der Waals surface area contributed by atoms with Gasteiger partial charge in [0.25, 0.3) is 5.91 Å². The van der Waals surface area contributed by atoms with Crippen LogP contribution >= 0.6 is 0 Å². The van der Waals surface area contributed by atoms with E-state index < -0.39 is 5.60 Å². The summed E-state index contributed by atoms with van der Waals surface area (Å²) in [7, 11) is 0. The summed E-state index contributed by atoms with van der Waals surface area (Å²) in [5.74, 6) is -0.385. The van der Waals surface area contributed by atoms with E-state index in [-0.39, 0.29) is 23.9 Å². The van der Waals surface area contributed by atoms with Gasteiger partial charge in [-0.2, -0.15) is 0 Å². The van der Waals surface area contributed by atoms with Crippen LogP contribution in [0.25, 0.3) is 0 Å². The first-order chi connectivity index (χ1) is 10.9. The number of carbonyl (C=O) groups is 1. The quantitative estimate of drug-likeness (QED) is 0.840. The predicted octanol–water partition coefficient (Wildman–Crippen LogP) is 2.34. The first kappa shape index (κ1) is 15.9. The summed E-state index contributed by atoms with van der Waals surface area (Å²) in [5, 5.41) is 4.06. The molecule has 0 radical (unpaired) electrons. The molecule has 0 aromatic heterocycles. The highest BCUT2D eigenvalue weighted by Gasteiger charge is 2.46. The number of carbonyl (C=O) groups excluding carboxylic acids is 1. The maximum absolute atomic E-state index is 13.0. The molecule has 0 spiro atoms. The number of amides is 1. The van der Waals surface area contributed by atoms with Gasteiger partial charge in [0.2, 0.25) is 5.60 Å². The molecule has 0 aliphatic carbocycles. The number of nitrogens with zero attached hydrogens (tertiary/aromatic N) is 2. The molecule has 0 saturated carbocycles. The first-order valence-corrected chi connectivity index (χ1v) is 7.83. The molecule has 23 heavy (non-hydrogen) atoms. The molecule has 1 fully saturated rings. The van der Waals surface area contributed by atoms with Crippen molar-refractivity contribution in [3.8, 4) is 0 Å². The first-order valence-electron chi connectivity index (χ1n) is 7.83. The molecule has 1 saturated heterocycles. The van der Waals surface area contributed by atoms with Gasteiger partial charge in [0.15, 0.2) is 0 Å². The molecule has 1 aromatic carbocycles. The number of hydrogen-bond acceptors (Lipinski definition) is 4. The van der Waals surface area contributed by atoms with Crippen LogP contribution in [0.5, 0.6) is 0 Å². The largest absolute Gasteiger partial charge is 0.379 e. The second kappa shape index (κ2) is 5.92. The van der Waals surface area contributed by atoms with Crippen LogP contribution in [0.4, 0.5) is 4.39 Å². The van der Waals surface area contributed by atoms with E-state index in [1.54, 1.807) is 24.0 Å². The Morgan fingerprint density at radius 1 is 1.26 bits per heavy atom. The molecule has 0 N–H and O–H groups in total. The van der Waals surface area contributed by atoms with E-state index in [1.807, 2.05) is 13.8 Å². The van der Waals surface area contributed by atoms with E-state index in [4.69, 9.17) is 9.57 Å². The van der Waals surface area contributed by atoms with Gasteiger partial charge in [-0.25, -0.2) is 4.39 Å². The third kappa shape index (κ3) is 3.22. The lowest BCUT2D eigenvalue weighted by molar-refractivity contribution is -0.164. The Morgan fingerprint density at radius 2 is 1.87 bits per heavy atom. The summed E-state index contributed by atoms with van der Waals surface area (Å²) >= 11 is 0. The zero-order chi connectivity index (χ0) is 16.6. The van der Waals surface area contributed by atoms with E-state index in [1.165, 1.54) is 12.1 Å². The van der Waals surface area contributed by atoms with Crippen molar-refractivity contribution in [1.29, 1.82) is 0 Å². The van der Waals surface area contributed by atoms with Gasteiger partial charge in [-0.05, 0) is 38.5 Å². The van der Waals surface area contributed by atoms with Crippen LogP contribution in [0.2, 0.25) is 0 Å². The van der Waals surface area contributed by atoms with Crippen molar-refractivity contribution in [3.63, 3.8) is 0 Å². The van der Waals surface area contributed by atoms with Gasteiger partial charge >= 0.3 is 0 Å². The van der Waals surface area contributed by atoms with E-state index in [9.17, 15) is 9.18 Å². The average Bonchev–Trinajstić information content (AvgIpc) is 2.90. The number of ether oxygens (including phenoxy) is 1. The van der Waals surface area contributed by atoms with Crippen molar-refractivity contribution >= 4 is 11.6 Å². The van der Waals surface area contributed by atoms with E-state index in [0.717, 1.165) is 5.56 Å². The Hall–Kier alpha value is -1.95. The van der Waals surface area contributed by atoms with Gasteiger partial charge < -0.3 is 14.5 Å². The van der Waals surface area contributed by atoms with E-state index in [2.05, 4.69) is 5.16 Å². The Balaban J connectivity index is 1.71. The smallest absolute Gasteiger partial charge is 0.269 e. The zero-order valence-corrected chi connectivity index (χ0v) is 13.6. The lowest BCUT2D eigenvalue weighted by Gasteiger charge is -2.38. The minimum atomic E-state index is -1.01. The van der Waals surface area contributed by atoms with Crippen LogP contribution < -0.4 is 0 Å². The molecule has 2 heterocycles. The topological polar surface area (TPSA) is 51.1 Å². The average molecular weight is 320 g/mol. The minimum absolute atomic E-state index is 0.00481. The highest BCUT2D eigenvalue weighted by molar-refractivity contribution is 6.05. The summed E-state index contributed by atoms with van der Waals surface area (Å²) in [6.07, 6.45) is 0.382. The second-order valence-electron chi connectivity index (χ2n) is 6.51. The van der Waals surface area contributed by atoms with Crippen molar-refractivity contribution in [2.24, 2.45) is 5.16 Å². The summed E-state index contributed by atoms with van der Waals surface area (Å²) in [6, 6.07) is 6.04. The van der Waals surface area contributed by atoms with Gasteiger partial charge in [0.05, 0.1) is 17.9 Å².